The molecule has 3 heteroatoms. The number of nitrogens with zero attached hydrogens (tertiary/aromatic N) is 1. The van der Waals surface area contributed by atoms with Crippen molar-refractivity contribution in [2.45, 2.75) is 84.7 Å². The van der Waals surface area contributed by atoms with E-state index in [1.54, 1.807) is 5.57 Å². The van der Waals surface area contributed by atoms with Crippen LogP contribution in [0, 0.1) is 22.7 Å². The smallest absolute Gasteiger partial charge is 0.338 e. The number of hydrogen-bond acceptors (Lipinski definition) is 3. The fourth-order valence-electron chi connectivity index (χ4n) is 8.20. The molecule has 1 heterocycles. The van der Waals surface area contributed by atoms with Crippen LogP contribution in [0.1, 0.15) is 94.6 Å². The molecule has 198 valence electrons. The van der Waals surface area contributed by atoms with Gasteiger partial charge in [-0.1, -0.05) is 88.3 Å². The summed E-state index contributed by atoms with van der Waals surface area (Å²) in [6, 6.07) is 12.2. The van der Waals surface area contributed by atoms with Crippen molar-refractivity contribution in [3.63, 3.8) is 0 Å². The summed E-state index contributed by atoms with van der Waals surface area (Å²) in [6.07, 6.45) is 17.6. The van der Waals surface area contributed by atoms with Gasteiger partial charge in [0.2, 0.25) is 0 Å². The Labute approximate surface area is 228 Å². The van der Waals surface area contributed by atoms with Gasteiger partial charge in [-0.2, -0.15) is 0 Å². The van der Waals surface area contributed by atoms with E-state index in [1.807, 2.05) is 36.7 Å². The molecule has 0 N–H and O–H groups in total. The number of hydrogen-bond donors (Lipinski definition) is 0. The van der Waals surface area contributed by atoms with Gasteiger partial charge in [0.15, 0.2) is 0 Å². The fourth-order valence-corrected chi connectivity index (χ4v) is 8.20. The Morgan fingerprint density at radius 1 is 1.03 bits per heavy atom. The molecule has 6 rings (SSSR count). The van der Waals surface area contributed by atoms with E-state index in [4.69, 9.17) is 4.74 Å². The molecule has 0 amide bonds. The van der Waals surface area contributed by atoms with Crippen LogP contribution in [0.15, 0.2) is 78.2 Å². The topological polar surface area (TPSA) is 39.2 Å². The van der Waals surface area contributed by atoms with E-state index in [1.165, 1.54) is 29.6 Å². The molecule has 1 aromatic heterocycles. The molecule has 4 aliphatic carbocycles. The molecule has 38 heavy (non-hydrogen) atoms. The first-order valence-corrected chi connectivity index (χ1v) is 14.4. The highest BCUT2D eigenvalue weighted by molar-refractivity contribution is 5.91. The summed E-state index contributed by atoms with van der Waals surface area (Å²) in [5.74, 6) is 1.07. The standard InChI is InChI=1S/C35H41NO2/c1-33(2,3)29-11-7-6-10-27(29)32(37)38-25-16-18-34(4)24(21-25)12-13-26-30-15-14-28(23-9-8-20-36-22-23)35(30,5)19-17-31(26)34/h6-12,14-15,20,22,25-26,31H,13,16-19,21H2,1-5H3. The molecule has 0 radical (unpaired) electrons. The average Bonchev–Trinajstić information content (AvgIpc) is 3.26. The Bertz CT molecular complexity index is 1340. The van der Waals surface area contributed by atoms with Crippen LogP contribution in [-0.2, 0) is 10.2 Å². The van der Waals surface area contributed by atoms with E-state index in [9.17, 15) is 4.79 Å². The highest BCUT2D eigenvalue weighted by atomic mass is 16.5. The summed E-state index contributed by atoms with van der Waals surface area (Å²) in [7, 11) is 0. The van der Waals surface area contributed by atoms with Gasteiger partial charge in [-0.15, -0.1) is 0 Å². The SMILES string of the molecule is CC12CCC3C(CC=C4CC(OC(=O)c5ccccc5C(C)(C)C)CCC43C)C1=CC=C2c1cccnc1. The van der Waals surface area contributed by atoms with Crippen LogP contribution in [0.2, 0.25) is 0 Å². The third kappa shape index (κ3) is 4.01. The number of aromatic nitrogens is 1. The quantitative estimate of drug-likeness (QED) is 0.309. The van der Waals surface area contributed by atoms with E-state index < -0.39 is 0 Å². The third-order valence-corrected chi connectivity index (χ3v) is 10.3. The Kier molecular flexibility index (Phi) is 6.05. The molecule has 0 bridgehead atoms. The second kappa shape index (κ2) is 9.07. The van der Waals surface area contributed by atoms with Gasteiger partial charge < -0.3 is 4.74 Å². The van der Waals surface area contributed by atoms with Crippen LogP contribution >= 0.6 is 0 Å². The molecule has 4 aliphatic rings. The maximum absolute atomic E-state index is 13.3. The first-order chi connectivity index (χ1) is 18.1. The predicted octanol–water partition coefficient (Wildman–Crippen LogP) is 8.48. The van der Waals surface area contributed by atoms with Crippen molar-refractivity contribution in [1.82, 2.24) is 4.98 Å². The molecular formula is C35H41NO2. The zero-order chi connectivity index (χ0) is 26.7. The molecule has 0 spiro atoms. The maximum atomic E-state index is 13.3. The largest absolute Gasteiger partial charge is 0.458 e. The second-order valence-electron chi connectivity index (χ2n) is 13.5. The lowest BCUT2D eigenvalue weighted by Crippen LogP contribution is -2.47. The lowest BCUT2D eigenvalue weighted by molar-refractivity contribution is 0.00228. The molecule has 1 aromatic carbocycles. The molecular weight excluding hydrogens is 466 g/mol. The first-order valence-electron chi connectivity index (χ1n) is 14.4. The highest BCUT2D eigenvalue weighted by Crippen LogP contribution is 2.64. The van der Waals surface area contributed by atoms with Gasteiger partial charge in [0.05, 0.1) is 5.56 Å². The highest BCUT2D eigenvalue weighted by Gasteiger charge is 2.54. The van der Waals surface area contributed by atoms with E-state index in [-0.39, 0.29) is 28.3 Å². The van der Waals surface area contributed by atoms with Gasteiger partial charge in [-0.3, -0.25) is 4.98 Å². The van der Waals surface area contributed by atoms with E-state index in [2.05, 4.69) is 70.0 Å². The average molecular weight is 508 g/mol. The van der Waals surface area contributed by atoms with Gasteiger partial charge in [-0.05, 0) is 83.6 Å². The Balaban J connectivity index is 1.20. The van der Waals surface area contributed by atoms with Crippen molar-refractivity contribution in [3.05, 3.63) is 94.9 Å². The number of carbonyl (C=O) groups is 1. The molecule has 0 aliphatic heterocycles. The summed E-state index contributed by atoms with van der Waals surface area (Å²) in [5.41, 5.74) is 7.80. The summed E-state index contributed by atoms with van der Waals surface area (Å²) in [4.78, 5) is 17.7. The predicted molar refractivity (Wildman–Crippen MR) is 154 cm³/mol. The number of benzene rings is 1. The molecule has 5 unspecified atom stereocenters. The van der Waals surface area contributed by atoms with Crippen molar-refractivity contribution in [1.29, 1.82) is 0 Å². The monoisotopic (exact) mass is 507 g/mol. The fraction of sp³-hybridized carbons (Fsp3) is 0.486. The molecule has 2 fully saturated rings. The van der Waals surface area contributed by atoms with Crippen LogP contribution in [0.3, 0.4) is 0 Å². The second-order valence-corrected chi connectivity index (χ2v) is 13.5. The third-order valence-electron chi connectivity index (χ3n) is 10.3. The molecule has 0 saturated heterocycles. The minimum absolute atomic E-state index is 0.0372. The van der Waals surface area contributed by atoms with Crippen molar-refractivity contribution >= 4 is 11.5 Å². The van der Waals surface area contributed by atoms with E-state index in [0.29, 0.717) is 17.4 Å². The summed E-state index contributed by atoms with van der Waals surface area (Å²) in [5, 5.41) is 0. The number of rotatable bonds is 3. The molecule has 2 aromatic rings. The minimum atomic E-state index is -0.169. The number of carbonyl (C=O) groups excluding carboxylic acids is 1. The normalized spacial score (nSPS) is 32.2. The molecule has 2 saturated carbocycles. The van der Waals surface area contributed by atoms with Gasteiger partial charge >= 0.3 is 5.97 Å². The lowest BCUT2D eigenvalue weighted by atomic mass is 9.49. The van der Waals surface area contributed by atoms with Gasteiger partial charge in [0, 0.05) is 24.2 Å². The summed E-state index contributed by atoms with van der Waals surface area (Å²) < 4.78 is 6.19. The lowest BCUT2D eigenvalue weighted by Gasteiger charge is -2.56. The Morgan fingerprint density at radius 3 is 2.61 bits per heavy atom. The Hall–Kier alpha value is -2.94. The summed E-state index contributed by atoms with van der Waals surface area (Å²) >= 11 is 0. The van der Waals surface area contributed by atoms with Crippen LogP contribution in [-0.4, -0.2) is 17.1 Å². The Morgan fingerprint density at radius 2 is 1.84 bits per heavy atom. The van der Waals surface area contributed by atoms with Crippen molar-refractivity contribution in [3.8, 4) is 0 Å². The van der Waals surface area contributed by atoms with Gasteiger partial charge in [0.1, 0.15) is 6.10 Å². The summed E-state index contributed by atoms with van der Waals surface area (Å²) in [6.45, 7) is 11.4. The van der Waals surface area contributed by atoms with Crippen molar-refractivity contribution in [2.75, 3.05) is 0 Å². The van der Waals surface area contributed by atoms with E-state index in [0.717, 1.165) is 31.2 Å². The number of fused-ring (bicyclic) bond motifs is 5. The zero-order valence-electron chi connectivity index (χ0n) is 23.6. The van der Waals surface area contributed by atoms with Crippen LogP contribution in [0.4, 0.5) is 0 Å². The minimum Gasteiger partial charge on any atom is -0.458 e. The number of allylic oxidation sites excluding steroid dienone is 5. The molecule has 3 nitrogen and oxygen atoms in total. The first kappa shape index (κ1) is 25.3. The van der Waals surface area contributed by atoms with Crippen LogP contribution in [0.25, 0.3) is 5.57 Å². The number of ether oxygens (including phenoxy) is 1. The van der Waals surface area contributed by atoms with Crippen LogP contribution in [0.5, 0.6) is 0 Å². The maximum Gasteiger partial charge on any atom is 0.338 e. The number of pyridine rings is 1. The molecule has 5 atom stereocenters. The van der Waals surface area contributed by atoms with Crippen molar-refractivity contribution < 1.29 is 9.53 Å². The van der Waals surface area contributed by atoms with E-state index >= 15 is 0 Å². The van der Waals surface area contributed by atoms with Gasteiger partial charge in [-0.25, -0.2) is 4.79 Å². The van der Waals surface area contributed by atoms with Crippen molar-refractivity contribution in [2.24, 2.45) is 22.7 Å². The van der Waals surface area contributed by atoms with Gasteiger partial charge in [0.25, 0.3) is 0 Å². The zero-order valence-corrected chi connectivity index (χ0v) is 23.6. The number of esters is 1. The van der Waals surface area contributed by atoms with Crippen LogP contribution < -0.4 is 0 Å².